The molecule has 0 spiro atoms. The number of amides is 1. The van der Waals surface area contributed by atoms with Crippen LogP contribution in [0.2, 0.25) is 0 Å². The van der Waals surface area contributed by atoms with Crippen LogP contribution in [0.15, 0.2) is 39.5 Å². The number of aromatic amines is 1. The first-order valence-electron chi connectivity index (χ1n) is 12.5. The van der Waals surface area contributed by atoms with Crippen LogP contribution in [-0.2, 0) is 11.8 Å². The number of aryl methyl sites for hydroxylation is 2. The molecular weight excluding hydrogens is 440 g/mol. The van der Waals surface area contributed by atoms with Gasteiger partial charge in [0.25, 0.3) is 0 Å². The molecule has 0 aliphatic carbocycles. The number of nitrogens with zero attached hydrogens (tertiary/aromatic N) is 2. The number of H-pyrrole nitrogens is 1. The van der Waals surface area contributed by atoms with Gasteiger partial charge in [-0.2, -0.15) is 0 Å². The third kappa shape index (κ3) is 4.18. The highest BCUT2D eigenvalue weighted by atomic mass is 16.4. The number of aromatic nitrogens is 2. The fourth-order valence-corrected chi connectivity index (χ4v) is 5.55. The van der Waals surface area contributed by atoms with E-state index < -0.39 is 0 Å². The first-order valence-corrected chi connectivity index (χ1v) is 12.5. The van der Waals surface area contributed by atoms with Gasteiger partial charge in [0.2, 0.25) is 5.91 Å². The van der Waals surface area contributed by atoms with Crippen molar-refractivity contribution in [3.05, 3.63) is 57.6 Å². The number of likely N-dealkylation sites (N-methyl/N-ethyl adjacent to an activating group) is 1. The second-order valence-corrected chi connectivity index (χ2v) is 10.2. The van der Waals surface area contributed by atoms with Crippen molar-refractivity contribution < 1.29 is 9.21 Å². The second-order valence-electron chi connectivity index (χ2n) is 10.2. The van der Waals surface area contributed by atoms with Gasteiger partial charge in [-0.3, -0.25) is 14.3 Å². The van der Waals surface area contributed by atoms with Gasteiger partial charge in [-0.25, -0.2) is 4.79 Å². The Labute approximate surface area is 205 Å². The zero-order chi connectivity index (χ0) is 24.9. The Bertz CT molecular complexity index is 1470. The SMILES string of the molecule is CNC(=O)CN1CCC(c2ccc3[nH]c(-c4cc(C)c5oc(=O)n(C)c5c4)c(C(C)C)c3c2)CC1. The van der Waals surface area contributed by atoms with Crippen LogP contribution >= 0.6 is 0 Å². The number of carbonyl (C=O) groups is 1. The molecule has 1 fully saturated rings. The monoisotopic (exact) mass is 474 g/mol. The maximum absolute atomic E-state index is 12.1. The average molecular weight is 475 g/mol. The molecule has 0 unspecified atom stereocenters. The fourth-order valence-electron chi connectivity index (χ4n) is 5.55. The van der Waals surface area contributed by atoms with Crippen LogP contribution in [0, 0.1) is 6.92 Å². The van der Waals surface area contributed by atoms with E-state index in [1.165, 1.54) is 16.5 Å². The molecular formula is C28H34N4O3. The van der Waals surface area contributed by atoms with E-state index in [0.29, 0.717) is 24.0 Å². The van der Waals surface area contributed by atoms with E-state index in [1.54, 1.807) is 18.7 Å². The smallest absolute Gasteiger partial charge is 0.407 e. The minimum absolute atomic E-state index is 0.0789. The first-order chi connectivity index (χ1) is 16.8. The molecule has 0 atom stereocenters. The Morgan fingerprint density at radius 2 is 1.94 bits per heavy atom. The average Bonchev–Trinajstić information content (AvgIpc) is 3.37. The molecule has 1 amide bonds. The molecule has 0 radical (unpaired) electrons. The minimum Gasteiger partial charge on any atom is -0.407 e. The molecule has 7 nitrogen and oxygen atoms in total. The van der Waals surface area contributed by atoms with Gasteiger partial charge >= 0.3 is 5.76 Å². The van der Waals surface area contributed by atoms with Crippen molar-refractivity contribution in [3.8, 4) is 11.3 Å². The lowest BCUT2D eigenvalue weighted by molar-refractivity contribution is -0.122. The lowest BCUT2D eigenvalue weighted by Crippen LogP contribution is -2.40. The zero-order valence-corrected chi connectivity index (χ0v) is 21.2. The molecule has 35 heavy (non-hydrogen) atoms. The molecule has 2 N–H and O–H groups in total. The third-order valence-corrected chi connectivity index (χ3v) is 7.51. The van der Waals surface area contributed by atoms with E-state index in [1.807, 2.05) is 13.0 Å². The molecule has 1 aliphatic heterocycles. The van der Waals surface area contributed by atoms with Crippen molar-refractivity contribution in [3.63, 3.8) is 0 Å². The predicted octanol–water partition coefficient (Wildman–Crippen LogP) is 4.64. The quantitative estimate of drug-likeness (QED) is 0.442. The van der Waals surface area contributed by atoms with Gasteiger partial charge in [0.1, 0.15) is 0 Å². The largest absolute Gasteiger partial charge is 0.419 e. The van der Waals surface area contributed by atoms with Crippen LogP contribution < -0.4 is 11.1 Å². The normalized spacial score (nSPS) is 15.5. The topological polar surface area (TPSA) is 83.3 Å². The number of nitrogens with one attached hydrogen (secondary N) is 2. The van der Waals surface area contributed by atoms with Crippen molar-refractivity contribution in [2.24, 2.45) is 7.05 Å². The van der Waals surface area contributed by atoms with Crippen molar-refractivity contribution in [2.45, 2.75) is 45.4 Å². The predicted molar refractivity (Wildman–Crippen MR) is 140 cm³/mol. The first kappa shape index (κ1) is 23.4. The number of carbonyl (C=O) groups excluding carboxylic acids is 1. The molecule has 7 heteroatoms. The number of piperidine rings is 1. The number of oxazole rings is 1. The van der Waals surface area contributed by atoms with Gasteiger partial charge < -0.3 is 14.7 Å². The molecule has 2 aromatic carbocycles. The molecule has 0 saturated carbocycles. The number of hydrogen-bond acceptors (Lipinski definition) is 4. The lowest BCUT2D eigenvalue weighted by Gasteiger charge is -2.31. The number of benzene rings is 2. The zero-order valence-electron chi connectivity index (χ0n) is 21.2. The summed E-state index contributed by atoms with van der Waals surface area (Å²) >= 11 is 0. The van der Waals surface area contributed by atoms with E-state index in [2.05, 4.69) is 53.3 Å². The Hall–Kier alpha value is -3.32. The second kappa shape index (κ2) is 9.04. The summed E-state index contributed by atoms with van der Waals surface area (Å²) in [6.07, 6.45) is 2.11. The molecule has 1 saturated heterocycles. The summed E-state index contributed by atoms with van der Waals surface area (Å²) < 4.78 is 7.01. The van der Waals surface area contributed by atoms with Crippen molar-refractivity contribution in [1.29, 1.82) is 0 Å². The van der Waals surface area contributed by atoms with E-state index in [9.17, 15) is 9.59 Å². The van der Waals surface area contributed by atoms with E-state index >= 15 is 0 Å². The number of fused-ring (bicyclic) bond motifs is 2. The Morgan fingerprint density at radius 1 is 1.20 bits per heavy atom. The van der Waals surface area contributed by atoms with Crippen LogP contribution in [0.3, 0.4) is 0 Å². The molecule has 4 aromatic rings. The molecule has 2 aromatic heterocycles. The van der Waals surface area contributed by atoms with Crippen LogP contribution in [0.4, 0.5) is 0 Å². The molecule has 0 bridgehead atoms. The molecule has 184 valence electrons. The Morgan fingerprint density at radius 3 is 2.63 bits per heavy atom. The Balaban J connectivity index is 1.52. The lowest BCUT2D eigenvalue weighted by atomic mass is 9.87. The molecule has 1 aliphatic rings. The van der Waals surface area contributed by atoms with Crippen molar-refractivity contribution in [1.82, 2.24) is 19.8 Å². The minimum atomic E-state index is -0.341. The summed E-state index contributed by atoms with van der Waals surface area (Å²) in [5.74, 6) is 0.563. The maximum atomic E-state index is 12.1. The molecule has 3 heterocycles. The van der Waals surface area contributed by atoms with Gasteiger partial charge in [0.15, 0.2) is 5.58 Å². The fraction of sp³-hybridized carbons (Fsp3) is 0.429. The van der Waals surface area contributed by atoms with Crippen molar-refractivity contribution >= 4 is 27.9 Å². The van der Waals surface area contributed by atoms with Gasteiger partial charge in [-0.15, -0.1) is 0 Å². The van der Waals surface area contributed by atoms with Crippen LogP contribution in [-0.4, -0.2) is 47.0 Å². The summed E-state index contributed by atoms with van der Waals surface area (Å²) in [7, 11) is 3.44. The van der Waals surface area contributed by atoms with E-state index in [4.69, 9.17) is 4.42 Å². The summed E-state index contributed by atoms with van der Waals surface area (Å²) in [5, 5.41) is 3.98. The maximum Gasteiger partial charge on any atom is 0.419 e. The molecule has 5 rings (SSSR count). The van der Waals surface area contributed by atoms with E-state index in [0.717, 1.165) is 53.8 Å². The van der Waals surface area contributed by atoms with Gasteiger partial charge in [-0.05, 0) is 85.6 Å². The highest BCUT2D eigenvalue weighted by Crippen LogP contribution is 2.39. The number of rotatable bonds is 5. The summed E-state index contributed by atoms with van der Waals surface area (Å²) in [5.41, 5.74) is 8.37. The van der Waals surface area contributed by atoms with Crippen LogP contribution in [0.1, 0.15) is 55.2 Å². The standard InChI is InChI=1S/C28H34N4O3/c1-16(2)25-21-13-19(18-8-10-32(11-9-18)15-24(33)29-4)6-7-22(21)30-26(25)20-12-17(3)27-23(14-20)31(5)28(34)35-27/h6-7,12-14,16,18,30H,8-11,15H2,1-5H3,(H,29,33). The summed E-state index contributed by atoms with van der Waals surface area (Å²) in [6.45, 7) is 8.81. The van der Waals surface area contributed by atoms with E-state index in [-0.39, 0.29) is 11.7 Å². The highest BCUT2D eigenvalue weighted by Gasteiger charge is 2.24. The van der Waals surface area contributed by atoms with Crippen molar-refractivity contribution in [2.75, 3.05) is 26.7 Å². The van der Waals surface area contributed by atoms with Gasteiger partial charge in [0.05, 0.1) is 17.8 Å². The van der Waals surface area contributed by atoms with Crippen LogP contribution in [0.25, 0.3) is 33.3 Å². The number of hydrogen-bond donors (Lipinski definition) is 2. The Kier molecular flexibility index (Phi) is 6.05. The third-order valence-electron chi connectivity index (χ3n) is 7.51. The highest BCUT2D eigenvalue weighted by molar-refractivity contribution is 5.94. The summed E-state index contributed by atoms with van der Waals surface area (Å²) in [4.78, 5) is 29.7. The summed E-state index contributed by atoms with van der Waals surface area (Å²) in [6, 6.07) is 11.0. The number of likely N-dealkylation sites (tertiary alicyclic amines) is 1. The van der Waals surface area contributed by atoms with Crippen LogP contribution in [0.5, 0.6) is 0 Å². The van der Waals surface area contributed by atoms with Gasteiger partial charge in [-0.1, -0.05) is 19.9 Å². The van der Waals surface area contributed by atoms with Gasteiger partial charge in [0, 0.05) is 30.6 Å².